The maximum absolute atomic E-state index is 12.0. The summed E-state index contributed by atoms with van der Waals surface area (Å²) >= 11 is 6.04. The smallest absolute Gasteiger partial charge is 0.407 e. The molecule has 1 aliphatic rings. The average Bonchev–Trinajstić information content (AvgIpc) is 3.13. The minimum atomic E-state index is -0.491. The molecule has 29 heavy (non-hydrogen) atoms. The summed E-state index contributed by atoms with van der Waals surface area (Å²) in [7, 11) is 0. The molecule has 2 heterocycles. The Morgan fingerprint density at radius 3 is 2.97 bits per heavy atom. The zero-order chi connectivity index (χ0) is 20.9. The molecule has 1 N–H and O–H groups in total. The van der Waals surface area contributed by atoms with Gasteiger partial charge in [-0.05, 0) is 52.3 Å². The van der Waals surface area contributed by atoms with Crippen molar-refractivity contribution in [2.75, 3.05) is 19.6 Å². The van der Waals surface area contributed by atoms with Gasteiger partial charge in [-0.15, -0.1) is 0 Å². The summed E-state index contributed by atoms with van der Waals surface area (Å²) in [5.41, 5.74) is 0.347. The van der Waals surface area contributed by atoms with Crippen molar-refractivity contribution in [3.63, 3.8) is 0 Å². The Morgan fingerprint density at radius 1 is 1.38 bits per heavy atom. The second-order valence-electron chi connectivity index (χ2n) is 8.34. The number of piperidine rings is 1. The van der Waals surface area contributed by atoms with Crippen molar-refractivity contribution in [1.82, 2.24) is 20.4 Å². The normalized spacial score (nSPS) is 17.9. The number of halogens is 1. The van der Waals surface area contributed by atoms with Crippen molar-refractivity contribution >= 4 is 17.7 Å². The molecular weight excluding hydrogens is 392 g/mol. The zero-order valence-corrected chi connectivity index (χ0v) is 18.0. The van der Waals surface area contributed by atoms with Gasteiger partial charge in [-0.3, -0.25) is 4.90 Å². The molecule has 1 amide bonds. The Bertz CT molecular complexity index is 818. The molecule has 0 aliphatic carbocycles. The molecule has 1 saturated heterocycles. The van der Waals surface area contributed by atoms with Gasteiger partial charge in [0.25, 0.3) is 0 Å². The van der Waals surface area contributed by atoms with Crippen LogP contribution in [0.3, 0.4) is 0 Å². The summed E-state index contributed by atoms with van der Waals surface area (Å²) in [5, 5.41) is 7.61. The van der Waals surface area contributed by atoms with Gasteiger partial charge in [0.05, 0.1) is 0 Å². The molecule has 1 unspecified atom stereocenters. The van der Waals surface area contributed by atoms with Gasteiger partial charge in [-0.1, -0.05) is 35.3 Å². The number of hydrogen-bond donors (Lipinski definition) is 1. The highest BCUT2D eigenvalue weighted by molar-refractivity contribution is 6.30. The molecule has 8 heteroatoms. The highest BCUT2D eigenvalue weighted by Gasteiger charge is 2.24. The minimum Gasteiger partial charge on any atom is -0.444 e. The Morgan fingerprint density at radius 2 is 2.21 bits per heavy atom. The van der Waals surface area contributed by atoms with Crippen LogP contribution in [0.5, 0.6) is 0 Å². The van der Waals surface area contributed by atoms with Crippen LogP contribution in [-0.2, 0) is 11.2 Å². The van der Waals surface area contributed by atoms with Gasteiger partial charge in [-0.2, -0.15) is 4.98 Å². The van der Waals surface area contributed by atoms with Crippen molar-refractivity contribution in [1.29, 1.82) is 0 Å². The molecule has 2 aromatic rings. The van der Waals surface area contributed by atoms with Crippen LogP contribution in [0.1, 0.15) is 45.9 Å². The highest BCUT2D eigenvalue weighted by atomic mass is 35.5. The third kappa shape index (κ3) is 6.72. The van der Waals surface area contributed by atoms with Crippen molar-refractivity contribution in [3.8, 4) is 11.4 Å². The van der Waals surface area contributed by atoms with E-state index in [1.807, 2.05) is 45.0 Å². The standard InChI is InChI=1S/C21H29ClN4O3/c1-21(2,3)28-20(27)23-14-17-9-4-5-11-26(17)12-10-18-24-19(25-29-18)15-7-6-8-16(22)13-15/h6-8,13,17H,4-5,9-12,14H2,1-3H3,(H,23,27). The van der Waals surface area contributed by atoms with E-state index in [9.17, 15) is 4.79 Å². The maximum atomic E-state index is 12.0. The SMILES string of the molecule is CC(C)(C)OC(=O)NCC1CCCCN1CCc1nc(-c2cccc(Cl)c2)no1. The summed E-state index contributed by atoms with van der Waals surface area (Å²) in [6.45, 7) is 7.96. The van der Waals surface area contributed by atoms with Gasteiger partial charge in [-0.25, -0.2) is 4.79 Å². The van der Waals surface area contributed by atoms with Gasteiger partial charge in [0.2, 0.25) is 11.7 Å². The molecule has 0 saturated carbocycles. The Labute approximate surface area is 176 Å². The molecule has 1 fully saturated rings. The van der Waals surface area contributed by atoms with Crippen LogP contribution in [0.2, 0.25) is 5.02 Å². The monoisotopic (exact) mass is 420 g/mol. The van der Waals surface area contributed by atoms with Crippen LogP contribution in [0.15, 0.2) is 28.8 Å². The third-order valence-corrected chi connectivity index (χ3v) is 5.03. The summed E-state index contributed by atoms with van der Waals surface area (Å²) < 4.78 is 10.8. The number of hydrogen-bond acceptors (Lipinski definition) is 6. The fourth-order valence-corrected chi connectivity index (χ4v) is 3.63. The molecule has 7 nitrogen and oxygen atoms in total. The maximum Gasteiger partial charge on any atom is 0.407 e. The topological polar surface area (TPSA) is 80.5 Å². The van der Waals surface area contributed by atoms with E-state index >= 15 is 0 Å². The van der Waals surface area contributed by atoms with E-state index < -0.39 is 5.60 Å². The van der Waals surface area contributed by atoms with Gasteiger partial charge >= 0.3 is 6.09 Å². The number of alkyl carbamates (subject to hydrolysis) is 1. The Hall–Kier alpha value is -2.12. The molecule has 0 bridgehead atoms. The van der Waals surface area contributed by atoms with Crippen LogP contribution < -0.4 is 5.32 Å². The van der Waals surface area contributed by atoms with E-state index in [0.29, 0.717) is 29.7 Å². The lowest BCUT2D eigenvalue weighted by atomic mass is 10.0. The van der Waals surface area contributed by atoms with E-state index in [1.165, 1.54) is 0 Å². The molecular formula is C21H29ClN4O3. The van der Waals surface area contributed by atoms with E-state index in [2.05, 4.69) is 20.4 Å². The number of nitrogens with zero attached hydrogens (tertiary/aromatic N) is 3. The molecule has 3 rings (SSSR count). The molecule has 1 aromatic heterocycles. The van der Waals surface area contributed by atoms with Gasteiger partial charge < -0.3 is 14.6 Å². The van der Waals surface area contributed by atoms with E-state index in [0.717, 1.165) is 37.9 Å². The Kier molecular flexibility index (Phi) is 7.14. The van der Waals surface area contributed by atoms with Crippen molar-refractivity contribution < 1.29 is 14.1 Å². The van der Waals surface area contributed by atoms with Crippen molar-refractivity contribution in [3.05, 3.63) is 35.2 Å². The zero-order valence-electron chi connectivity index (χ0n) is 17.3. The summed E-state index contributed by atoms with van der Waals surface area (Å²) in [6, 6.07) is 7.69. The lowest BCUT2D eigenvalue weighted by molar-refractivity contribution is 0.0494. The molecule has 1 aromatic carbocycles. The largest absolute Gasteiger partial charge is 0.444 e. The van der Waals surface area contributed by atoms with Gasteiger partial charge in [0.1, 0.15) is 5.60 Å². The van der Waals surface area contributed by atoms with Crippen LogP contribution in [0, 0.1) is 0 Å². The summed E-state index contributed by atoms with van der Waals surface area (Å²) in [6.07, 6.45) is 3.66. The average molecular weight is 421 g/mol. The molecule has 0 radical (unpaired) electrons. The fraction of sp³-hybridized carbons (Fsp3) is 0.571. The number of likely N-dealkylation sites (tertiary alicyclic amines) is 1. The molecule has 1 aliphatic heterocycles. The number of nitrogens with one attached hydrogen (secondary N) is 1. The van der Waals surface area contributed by atoms with E-state index in [-0.39, 0.29) is 12.1 Å². The van der Waals surface area contributed by atoms with Gasteiger partial charge in [0, 0.05) is 36.1 Å². The highest BCUT2D eigenvalue weighted by Crippen LogP contribution is 2.21. The first-order valence-electron chi connectivity index (χ1n) is 10.1. The second kappa shape index (κ2) is 9.59. The first kappa shape index (κ1) is 21.6. The first-order chi connectivity index (χ1) is 13.8. The van der Waals surface area contributed by atoms with Crippen LogP contribution in [0.4, 0.5) is 4.79 Å². The number of rotatable bonds is 6. The summed E-state index contributed by atoms with van der Waals surface area (Å²) in [4.78, 5) is 18.8. The van der Waals surface area contributed by atoms with E-state index in [1.54, 1.807) is 0 Å². The lowest BCUT2D eigenvalue weighted by Crippen LogP contribution is -2.48. The number of carbonyl (C=O) groups is 1. The van der Waals surface area contributed by atoms with Crippen molar-refractivity contribution in [2.24, 2.45) is 0 Å². The number of benzene rings is 1. The first-order valence-corrected chi connectivity index (χ1v) is 10.5. The predicted molar refractivity (Wildman–Crippen MR) is 112 cm³/mol. The predicted octanol–water partition coefficient (Wildman–Crippen LogP) is 4.31. The lowest BCUT2D eigenvalue weighted by Gasteiger charge is -2.35. The third-order valence-electron chi connectivity index (χ3n) is 4.79. The van der Waals surface area contributed by atoms with Crippen molar-refractivity contribution in [2.45, 2.75) is 58.1 Å². The number of amides is 1. The quantitative estimate of drug-likeness (QED) is 0.749. The second-order valence-corrected chi connectivity index (χ2v) is 8.78. The molecule has 1 atom stereocenters. The summed E-state index contributed by atoms with van der Waals surface area (Å²) in [5.74, 6) is 1.15. The number of carbonyl (C=O) groups excluding carboxylic acids is 1. The number of ether oxygens (including phenoxy) is 1. The fourth-order valence-electron chi connectivity index (χ4n) is 3.44. The van der Waals surface area contributed by atoms with Crippen LogP contribution in [-0.4, -0.2) is 52.4 Å². The van der Waals surface area contributed by atoms with Crippen LogP contribution in [0.25, 0.3) is 11.4 Å². The minimum absolute atomic E-state index is 0.284. The van der Waals surface area contributed by atoms with E-state index in [4.69, 9.17) is 20.9 Å². The van der Waals surface area contributed by atoms with Crippen LogP contribution >= 0.6 is 11.6 Å². The molecule has 158 valence electrons. The Balaban J connectivity index is 1.52. The molecule has 0 spiro atoms. The number of aromatic nitrogens is 2. The van der Waals surface area contributed by atoms with Gasteiger partial charge in [0.15, 0.2) is 0 Å².